The smallest absolute Gasteiger partial charge is 0.187 e. The van der Waals surface area contributed by atoms with Gasteiger partial charge in [-0.15, -0.1) is 6.42 Å². The van der Waals surface area contributed by atoms with Crippen molar-refractivity contribution in [3.8, 4) is 12.3 Å². The number of terminal acetylenes is 1. The molecule has 0 aromatic carbocycles. The van der Waals surface area contributed by atoms with E-state index in [4.69, 9.17) is 6.42 Å². The summed E-state index contributed by atoms with van der Waals surface area (Å²) in [5.74, 6) is 3.46. The van der Waals surface area contributed by atoms with Gasteiger partial charge in [-0.3, -0.25) is 0 Å². The topological polar surface area (TPSA) is 37.8 Å². The van der Waals surface area contributed by atoms with E-state index in [9.17, 15) is 0 Å². The number of hydrogen-bond acceptors (Lipinski definition) is 4. The van der Waals surface area contributed by atoms with Crippen LogP contribution in [0.5, 0.6) is 0 Å². The van der Waals surface area contributed by atoms with Crippen LogP contribution in [0.25, 0.3) is 0 Å². The van der Waals surface area contributed by atoms with E-state index in [-0.39, 0.29) is 0 Å². The summed E-state index contributed by atoms with van der Waals surface area (Å²) < 4.78 is 0. The molecule has 1 heterocycles. The van der Waals surface area contributed by atoms with Crippen molar-refractivity contribution in [2.45, 2.75) is 12.1 Å². The highest BCUT2D eigenvalue weighted by Gasteiger charge is 1.95. The third-order valence-electron chi connectivity index (χ3n) is 1.49. The molecule has 0 bridgehead atoms. The van der Waals surface area contributed by atoms with E-state index >= 15 is 0 Å². The van der Waals surface area contributed by atoms with Gasteiger partial charge in [0.15, 0.2) is 5.16 Å². The van der Waals surface area contributed by atoms with Crippen LogP contribution >= 0.6 is 11.8 Å². The molecule has 0 spiro atoms. The average molecular weight is 207 g/mol. The van der Waals surface area contributed by atoms with Crippen molar-refractivity contribution in [1.82, 2.24) is 15.3 Å². The van der Waals surface area contributed by atoms with Crippen molar-refractivity contribution in [1.29, 1.82) is 0 Å². The fraction of sp³-hybridized carbons (Fsp3) is 0.400. The Morgan fingerprint density at radius 1 is 1.50 bits per heavy atom. The summed E-state index contributed by atoms with van der Waals surface area (Å²) in [5.41, 5.74) is 1.08. The molecule has 1 rings (SSSR count). The molecule has 0 radical (unpaired) electrons. The lowest BCUT2D eigenvalue weighted by atomic mass is 10.4. The van der Waals surface area contributed by atoms with E-state index in [1.807, 2.05) is 19.3 Å². The molecule has 0 aliphatic heterocycles. The van der Waals surface area contributed by atoms with Crippen LogP contribution < -0.4 is 5.32 Å². The highest BCUT2D eigenvalue weighted by Crippen LogP contribution is 2.10. The van der Waals surface area contributed by atoms with Crippen molar-refractivity contribution in [2.75, 3.05) is 18.8 Å². The molecule has 0 saturated heterocycles. The van der Waals surface area contributed by atoms with E-state index in [0.29, 0.717) is 6.54 Å². The standard InChI is InChI=1S/C10H13N3S/c1-3-4-11-5-6-14-10-12-7-9(2)8-13-10/h1,7-8,11H,4-6H2,2H3. The molecule has 0 fully saturated rings. The minimum Gasteiger partial charge on any atom is -0.305 e. The zero-order chi connectivity index (χ0) is 10.2. The third-order valence-corrected chi connectivity index (χ3v) is 2.37. The molecule has 0 aliphatic carbocycles. The monoisotopic (exact) mass is 207 g/mol. The van der Waals surface area contributed by atoms with Gasteiger partial charge in [0.25, 0.3) is 0 Å². The average Bonchev–Trinajstić information content (AvgIpc) is 2.21. The number of aryl methyl sites for hydroxylation is 1. The van der Waals surface area contributed by atoms with Crippen LogP contribution in [-0.2, 0) is 0 Å². The number of aromatic nitrogens is 2. The van der Waals surface area contributed by atoms with E-state index in [1.54, 1.807) is 11.8 Å². The van der Waals surface area contributed by atoms with Gasteiger partial charge in [-0.1, -0.05) is 17.7 Å². The zero-order valence-corrected chi connectivity index (χ0v) is 8.97. The molecule has 0 saturated carbocycles. The second kappa shape index (κ2) is 6.41. The minimum atomic E-state index is 0.620. The quantitative estimate of drug-likeness (QED) is 0.339. The van der Waals surface area contributed by atoms with Crippen LogP contribution in [0.2, 0.25) is 0 Å². The van der Waals surface area contributed by atoms with Crippen LogP contribution in [0.15, 0.2) is 17.6 Å². The molecule has 0 aliphatic rings. The summed E-state index contributed by atoms with van der Waals surface area (Å²) in [4.78, 5) is 8.36. The number of nitrogens with zero attached hydrogens (tertiary/aromatic N) is 2. The zero-order valence-electron chi connectivity index (χ0n) is 8.16. The first-order valence-electron chi connectivity index (χ1n) is 4.38. The van der Waals surface area contributed by atoms with Crippen molar-refractivity contribution < 1.29 is 0 Å². The predicted octanol–water partition coefficient (Wildman–Crippen LogP) is 1.10. The van der Waals surface area contributed by atoms with Crippen molar-refractivity contribution >= 4 is 11.8 Å². The number of nitrogens with one attached hydrogen (secondary N) is 1. The van der Waals surface area contributed by atoms with Gasteiger partial charge in [-0.05, 0) is 12.5 Å². The van der Waals surface area contributed by atoms with Crippen molar-refractivity contribution in [2.24, 2.45) is 0 Å². The summed E-state index contributed by atoms with van der Waals surface area (Å²) in [7, 11) is 0. The van der Waals surface area contributed by atoms with Gasteiger partial charge in [-0.25, -0.2) is 9.97 Å². The fourth-order valence-corrected chi connectivity index (χ4v) is 1.51. The Morgan fingerprint density at radius 2 is 2.21 bits per heavy atom. The van der Waals surface area contributed by atoms with Gasteiger partial charge < -0.3 is 5.32 Å². The molecule has 4 heteroatoms. The van der Waals surface area contributed by atoms with Crippen molar-refractivity contribution in [3.63, 3.8) is 0 Å². The van der Waals surface area contributed by atoms with Crippen molar-refractivity contribution in [3.05, 3.63) is 18.0 Å². The Hall–Kier alpha value is -1.05. The molecule has 1 aromatic heterocycles. The largest absolute Gasteiger partial charge is 0.305 e. The normalized spacial score (nSPS) is 9.71. The lowest BCUT2D eigenvalue weighted by molar-refractivity contribution is 0.816. The molecular formula is C10H13N3S. The molecule has 1 N–H and O–H groups in total. The summed E-state index contributed by atoms with van der Waals surface area (Å²) in [5, 5.41) is 3.92. The fourth-order valence-electron chi connectivity index (χ4n) is 0.830. The van der Waals surface area contributed by atoms with Crippen LogP contribution in [0.4, 0.5) is 0 Å². The number of hydrogen-bond donors (Lipinski definition) is 1. The molecule has 0 unspecified atom stereocenters. The maximum Gasteiger partial charge on any atom is 0.187 e. The molecule has 1 aromatic rings. The summed E-state index contributed by atoms with van der Waals surface area (Å²) >= 11 is 1.63. The first-order valence-corrected chi connectivity index (χ1v) is 5.37. The van der Waals surface area contributed by atoms with Gasteiger partial charge in [0.2, 0.25) is 0 Å². The van der Waals surface area contributed by atoms with Gasteiger partial charge >= 0.3 is 0 Å². The number of rotatable bonds is 5. The van der Waals surface area contributed by atoms with E-state index < -0.39 is 0 Å². The predicted molar refractivity (Wildman–Crippen MR) is 59.2 cm³/mol. The SMILES string of the molecule is C#CCNCCSc1ncc(C)cn1. The highest BCUT2D eigenvalue weighted by atomic mass is 32.2. The van der Waals surface area contributed by atoms with Crippen LogP contribution in [0.1, 0.15) is 5.56 Å². The number of thioether (sulfide) groups is 1. The Balaban J connectivity index is 2.19. The van der Waals surface area contributed by atoms with Gasteiger partial charge in [0.05, 0.1) is 6.54 Å². The van der Waals surface area contributed by atoms with Crippen LogP contribution in [0.3, 0.4) is 0 Å². The minimum absolute atomic E-state index is 0.620. The molecular weight excluding hydrogens is 194 g/mol. The summed E-state index contributed by atoms with van der Waals surface area (Å²) in [6.07, 6.45) is 8.74. The summed E-state index contributed by atoms with van der Waals surface area (Å²) in [6.45, 7) is 3.48. The third kappa shape index (κ3) is 4.26. The highest BCUT2D eigenvalue weighted by molar-refractivity contribution is 7.99. The maximum atomic E-state index is 5.09. The van der Waals surface area contributed by atoms with E-state index in [1.165, 1.54) is 0 Å². The molecule has 0 atom stereocenters. The van der Waals surface area contributed by atoms with Crippen LogP contribution in [0, 0.1) is 19.3 Å². The van der Waals surface area contributed by atoms with E-state index in [2.05, 4.69) is 21.2 Å². The second-order valence-corrected chi connectivity index (χ2v) is 3.83. The second-order valence-electron chi connectivity index (χ2n) is 2.77. The first kappa shape index (κ1) is 11.0. The Kier molecular flexibility index (Phi) is 5.05. The molecule has 14 heavy (non-hydrogen) atoms. The van der Waals surface area contributed by atoms with Gasteiger partial charge in [0.1, 0.15) is 0 Å². The maximum absolute atomic E-state index is 5.09. The molecule has 74 valence electrons. The lowest BCUT2D eigenvalue weighted by Gasteiger charge is -2.00. The lowest BCUT2D eigenvalue weighted by Crippen LogP contribution is -2.17. The Morgan fingerprint density at radius 3 is 2.86 bits per heavy atom. The van der Waals surface area contributed by atoms with E-state index in [0.717, 1.165) is 23.0 Å². The molecule has 0 amide bonds. The first-order chi connectivity index (χ1) is 6.83. The van der Waals surface area contributed by atoms with Gasteiger partial charge in [-0.2, -0.15) is 0 Å². The van der Waals surface area contributed by atoms with Gasteiger partial charge in [0, 0.05) is 24.7 Å². The van der Waals surface area contributed by atoms with Crippen LogP contribution in [-0.4, -0.2) is 28.8 Å². The Labute approximate surface area is 88.7 Å². The Bertz CT molecular complexity index is 302. The molecule has 3 nitrogen and oxygen atoms in total. The summed E-state index contributed by atoms with van der Waals surface area (Å²) in [6, 6.07) is 0.